The molecule has 2 nitrogen and oxygen atoms in total. The highest BCUT2D eigenvalue weighted by Gasteiger charge is 2.33. The molecule has 2 rings (SSSR count). The molecule has 0 spiro atoms. The van der Waals surface area contributed by atoms with Crippen molar-refractivity contribution in [3.8, 4) is 0 Å². The number of ether oxygens (including phenoxy) is 1. The molecule has 0 bridgehead atoms. The van der Waals surface area contributed by atoms with E-state index in [1.807, 2.05) is 30.3 Å². The largest absolute Gasteiger partial charge is 0.362 e. The molecule has 1 unspecified atom stereocenters. The minimum atomic E-state index is -1.01. The van der Waals surface area contributed by atoms with Crippen LogP contribution in [0.15, 0.2) is 30.3 Å². The zero-order chi connectivity index (χ0) is 8.44. The maximum atomic E-state index is 9.94. The van der Waals surface area contributed by atoms with Gasteiger partial charge in [0.05, 0.1) is 6.61 Å². The van der Waals surface area contributed by atoms with Crippen LogP contribution in [0.25, 0.3) is 0 Å². The Morgan fingerprint density at radius 3 is 2.58 bits per heavy atom. The van der Waals surface area contributed by atoms with Gasteiger partial charge in [0, 0.05) is 12.0 Å². The molecule has 0 aliphatic carbocycles. The Kier molecular flexibility index (Phi) is 1.87. The van der Waals surface area contributed by atoms with E-state index < -0.39 is 5.79 Å². The molecule has 0 saturated carbocycles. The van der Waals surface area contributed by atoms with Gasteiger partial charge in [0.1, 0.15) is 0 Å². The van der Waals surface area contributed by atoms with E-state index >= 15 is 0 Å². The summed E-state index contributed by atoms with van der Waals surface area (Å²) in [7, 11) is 0. The highest BCUT2D eigenvalue weighted by atomic mass is 16.6. The van der Waals surface area contributed by atoms with Crippen LogP contribution in [0.5, 0.6) is 0 Å². The predicted molar refractivity (Wildman–Crippen MR) is 45.5 cm³/mol. The SMILES string of the molecule is OC1(c2ccccc2)CCCO1. The summed E-state index contributed by atoms with van der Waals surface area (Å²) in [6.07, 6.45) is 1.64. The number of benzene rings is 1. The van der Waals surface area contributed by atoms with Crippen molar-refractivity contribution in [2.45, 2.75) is 18.6 Å². The van der Waals surface area contributed by atoms with Crippen molar-refractivity contribution in [2.24, 2.45) is 0 Å². The van der Waals surface area contributed by atoms with Crippen LogP contribution in [0.4, 0.5) is 0 Å². The molecule has 1 saturated heterocycles. The third-order valence-corrected chi connectivity index (χ3v) is 2.23. The minimum Gasteiger partial charge on any atom is -0.362 e. The van der Waals surface area contributed by atoms with Gasteiger partial charge in [-0.1, -0.05) is 30.3 Å². The van der Waals surface area contributed by atoms with Gasteiger partial charge in [0.25, 0.3) is 0 Å². The monoisotopic (exact) mass is 164 g/mol. The molecular formula is C10H12O2. The van der Waals surface area contributed by atoms with Gasteiger partial charge in [-0.05, 0) is 6.42 Å². The second-order valence-electron chi connectivity index (χ2n) is 3.10. The first kappa shape index (κ1) is 7.77. The minimum absolute atomic E-state index is 0.658. The van der Waals surface area contributed by atoms with Crippen molar-refractivity contribution >= 4 is 0 Å². The number of hydrogen-bond acceptors (Lipinski definition) is 2. The zero-order valence-electron chi connectivity index (χ0n) is 6.86. The standard InChI is InChI=1S/C10H12O2/c11-10(7-4-8-12-10)9-5-2-1-3-6-9/h1-3,5-6,11H,4,7-8H2. The molecule has 0 amide bonds. The summed E-state index contributed by atoms with van der Waals surface area (Å²) in [5.74, 6) is -1.01. The van der Waals surface area contributed by atoms with Crippen molar-refractivity contribution in [1.82, 2.24) is 0 Å². The molecule has 1 aliphatic rings. The average molecular weight is 164 g/mol. The summed E-state index contributed by atoms with van der Waals surface area (Å²) in [6.45, 7) is 0.658. The molecule has 1 N–H and O–H groups in total. The van der Waals surface area contributed by atoms with Gasteiger partial charge in [-0.2, -0.15) is 0 Å². The van der Waals surface area contributed by atoms with Gasteiger partial charge in [0.15, 0.2) is 5.79 Å². The van der Waals surface area contributed by atoms with Gasteiger partial charge in [-0.25, -0.2) is 0 Å². The Hall–Kier alpha value is -0.860. The molecule has 1 aliphatic heterocycles. The Bertz CT molecular complexity index is 250. The fourth-order valence-corrected chi connectivity index (χ4v) is 1.55. The van der Waals surface area contributed by atoms with Crippen LogP contribution in [0, 0.1) is 0 Å². The second kappa shape index (κ2) is 2.88. The first-order chi connectivity index (χ1) is 5.81. The third-order valence-electron chi connectivity index (χ3n) is 2.23. The van der Waals surface area contributed by atoms with Gasteiger partial charge >= 0.3 is 0 Å². The summed E-state index contributed by atoms with van der Waals surface area (Å²) >= 11 is 0. The number of aliphatic hydroxyl groups is 1. The number of rotatable bonds is 1. The van der Waals surface area contributed by atoms with E-state index in [4.69, 9.17) is 4.74 Å². The van der Waals surface area contributed by atoms with Crippen LogP contribution in [-0.2, 0) is 10.5 Å². The maximum absolute atomic E-state index is 9.94. The topological polar surface area (TPSA) is 29.5 Å². The third kappa shape index (κ3) is 1.24. The van der Waals surface area contributed by atoms with Gasteiger partial charge < -0.3 is 9.84 Å². The summed E-state index contributed by atoms with van der Waals surface area (Å²) in [5.41, 5.74) is 0.863. The molecule has 1 aromatic rings. The lowest BCUT2D eigenvalue weighted by Crippen LogP contribution is -2.23. The van der Waals surface area contributed by atoms with Crippen molar-refractivity contribution in [2.75, 3.05) is 6.61 Å². The van der Waals surface area contributed by atoms with Crippen LogP contribution in [-0.4, -0.2) is 11.7 Å². The molecule has 1 aromatic carbocycles. The van der Waals surface area contributed by atoms with E-state index in [9.17, 15) is 5.11 Å². The van der Waals surface area contributed by atoms with Crippen LogP contribution >= 0.6 is 0 Å². The van der Waals surface area contributed by atoms with E-state index in [2.05, 4.69) is 0 Å². The van der Waals surface area contributed by atoms with Crippen LogP contribution < -0.4 is 0 Å². The predicted octanol–water partition coefficient (Wildman–Crippen LogP) is 1.64. The fraction of sp³-hybridized carbons (Fsp3) is 0.400. The maximum Gasteiger partial charge on any atom is 0.192 e. The molecule has 0 radical (unpaired) electrons. The van der Waals surface area contributed by atoms with Crippen LogP contribution in [0.3, 0.4) is 0 Å². The van der Waals surface area contributed by atoms with E-state index in [0.717, 1.165) is 12.0 Å². The van der Waals surface area contributed by atoms with Gasteiger partial charge in [0.2, 0.25) is 0 Å². The molecule has 0 aromatic heterocycles. The molecule has 1 fully saturated rings. The molecule has 1 atom stereocenters. The van der Waals surface area contributed by atoms with Crippen molar-refractivity contribution < 1.29 is 9.84 Å². The molecule has 64 valence electrons. The van der Waals surface area contributed by atoms with Crippen LogP contribution in [0.1, 0.15) is 18.4 Å². The van der Waals surface area contributed by atoms with Crippen LogP contribution in [0.2, 0.25) is 0 Å². The number of hydrogen-bond donors (Lipinski definition) is 1. The highest BCUT2D eigenvalue weighted by Crippen LogP contribution is 2.32. The lowest BCUT2D eigenvalue weighted by molar-refractivity contribution is -0.179. The smallest absolute Gasteiger partial charge is 0.192 e. The summed E-state index contributed by atoms with van der Waals surface area (Å²) in [5, 5.41) is 9.94. The second-order valence-corrected chi connectivity index (χ2v) is 3.10. The molecule has 2 heteroatoms. The fourth-order valence-electron chi connectivity index (χ4n) is 1.55. The molecular weight excluding hydrogens is 152 g/mol. The highest BCUT2D eigenvalue weighted by molar-refractivity contribution is 5.20. The quantitative estimate of drug-likeness (QED) is 0.683. The lowest BCUT2D eigenvalue weighted by atomic mass is 10.0. The van der Waals surface area contributed by atoms with Crippen molar-refractivity contribution in [3.63, 3.8) is 0 Å². The van der Waals surface area contributed by atoms with E-state index in [1.54, 1.807) is 0 Å². The Balaban J connectivity index is 2.29. The zero-order valence-corrected chi connectivity index (χ0v) is 6.86. The van der Waals surface area contributed by atoms with E-state index in [0.29, 0.717) is 13.0 Å². The lowest BCUT2D eigenvalue weighted by Gasteiger charge is -2.21. The normalized spacial score (nSPS) is 29.1. The van der Waals surface area contributed by atoms with E-state index in [-0.39, 0.29) is 0 Å². The first-order valence-corrected chi connectivity index (χ1v) is 4.23. The average Bonchev–Trinajstić information content (AvgIpc) is 2.55. The van der Waals surface area contributed by atoms with E-state index in [1.165, 1.54) is 0 Å². The Morgan fingerprint density at radius 2 is 2.00 bits per heavy atom. The summed E-state index contributed by atoms with van der Waals surface area (Å²) in [4.78, 5) is 0. The molecule has 12 heavy (non-hydrogen) atoms. The first-order valence-electron chi connectivity index (χ1n) is 4.23. The summed E-state index contributed by atoms with van der Waals surface area (Å²) in [6, 6.07) is 9.54. The van der Waals surface area contributed by atoms with Gasteiger partial charge in [-0.15, -0.1) is 0 Å². The van der Waals surface area contributed by atoms with Crippen molar-refractivity contribution in [3.05, 3.63) is 35.9 Å². The van der Waals surface area contributed by atoms with Gasteiger partial charge in [-0.3, -0.25) is 0 Å². The Labute approximate surface area is 71.8 Å². The van der Waals surface area contributed by atoms with Crippen molar-refractivity contribution in [1.29, 1.82) is 0 Å². The summed E-state index contributed by atoms with van der Waals surface area (Å²) < 4.78 is 5.28. The Morgan fingerprint density at radius 1 is 1.25 bits per heavy atom. The molecule has 1 heterocycles.